The average molecular weight is 264 g/mol. The predicted octanol–water partition coefficient (Wildman–Crippen LogP) is 2.88. The molecule has 4 nitrogen and oxygen atoms in total. The van der Waals surface area contributed by atoms with E-state index in [1.165, 1.54) is 0 Å². The molecule has 0 aliphatic heterocycles. The van der Waals surface area contributed by atoms with Gasteiger partial charge in [-0.25, -0.2) is 4.79 Å². The number of hydrogen-bond acceptors (Lipinski definition) is 4. The molecule has 4 heteroatoms. The van der Waals surface area contributed by atoms with Crippen molar-refractivity contribution in [3.05, 3.63) is 35.9 Å². The summed E-state index contributed by atoms with van der Waals surface area (Å²) < 4.78 is 10.3. The second-order valence-electron chi connectivity index (χ2n) is 5.20. The Labute approximate surface area is 113 Å². The van der Waals surface area contributed by atoms with Crippen LogP contribution >= 0.6 is 0 Å². The van der Waals surface area contributed by atoms with Gasteiger partial charge in [0.05, 0.1) is 12.0 Å². The smallest absolute Gasteiger partial charge is 0.352 e. The van der Waals surface area contributed by atoms with E-state index in [1.54, 1.807) is 52.0 Å². The maximum absolute atomic E-state index is 11.9. The van der Waals surface area contributed by atoms with Crippen LogP contribution in [0.1, 0.15) is 39.4 Å². The largest absolute Gasteiger partial charge is 0.463 e. The van der Waals surface area contributed by atoms with Crippen molar-refractivity contribution in [2.24, 2.45) is 5.41 Å². The number of rotatable bonds is 4. The molecule has 0 aliphatic rings. The maximum Gasteiger partial charge on any atom is 0.352 e. The summed E-state index contributed by atoms with van der Waals surface area (Å²) >= 11 is 0. The summed E-state index contributed by atoms with van der Waals surface area (Å²) in [7, 11) is 0. The lowest BCUT2D eigenvalue weighted by molar-refractivity contribution is -0.173. The van der Waals surface area contributed by atoms with Crippen molar-refractivity contribution >= 4 is 11.9 Å². The molecule has 0 aromatic heterocycles. The highest BCUT2D eigenvalue weighted by Crippen LogP contribution is 2.24. The summed E-state index contributed by atoms with van der Waals surface area (Å²) in [6.07, 6.45) is -1.01. The van der Waals surface area contributed by atoms with Gasteiger partial charge in [-0.15, -0.1) is 0 Å². The Hall–Kier alpha value is -1.84. The Morgan fingerprint density at radius 1 is 1.16 bits per heavy atom. The maximum atomic E-state index is 11.9. The van der Waals surface area contributed by atoms with Gasteiger partial charge in [0.15, 0.2) is 0 Å². The Morgan fingerprint density at radius 2 is 1.74 bits per heavy atom. The van der Waals surface area contributed by atoms with Crippen LogP contribution in [0.15, 0.2) is 30.3 Å². The van der Waals surface area contributed by atoms with Crippen molar-refractivity contribution in [1.29, 1.82) is 0 Å². The molecule has 0 radical (unpaired) electrons. The van der Waals surface area contributed by atoms with Crippen molar-refractivity contribution in [3.8, 4) is 0 Å². The first-order valence-corrected chi connectivity index (χ1v) is 6.29. The van der Waals surface area contributed by atoms with Gasteiger partial charge in [-0.3, -0.25) is 4.79 Å². The van der Waals surface area contributed by atoms with Crippen molar-refractivity contribution in [2.75, 3.05) is 6.61 Å². The van der Waals surface area contributed by atoms with E-state index in [-0.39, 0.29) is 6.61 Å². The summed E-state index contributed by atoms with van der Waals surface area (Å²) in [5.74, 6) is -0.985. The van der Waals surface area contributed by atoms with Gasteiger partial charge in [0, 0.05) is 5.56 Å². The minimum absolute atomic E-state index is 0.245. The second-order valence-corrected chi connectivity index (χ2v) is 5.20. The first-order valence-electron chi connectivity index (χ1n) is 6.29. The highest BCUT2D eigenvalue weighted by Gasteiger charge is 2.31. The third kappa shape index (κ3) is 4.39. The van der Waals surface area contributed by atoms with Gasteiger partial charge < -0.3 is 9.47 Å². The van der Waals surface area contributed by atoms with Crippen LogP contribution < -0.4 is 0 Å². The van der Waals surface area contributed by atoms with E-state index in [9.17, 15) is 9.59 Å². The fourth-order valence-electron chi connectivity index (χ4n) is 1.38. The van der Waals surface area contributed by atoms with E-state index >= 15 is 0 Å². The number of esters is 2. The summed E-state index contributed by atoms with van der Waals surface area (Å²) in [6.45, 7) is 7.17. The van der Waals surface area contributed by atoms with Gasteiger partial charge in [-0.2, -0.15) is 0 Å². The molecular formula is C15H20O4. The second kappa shape index (κ2) is 6.36. The molecule has 1 atom stereocenters. The molecule has 0 aliphatic carbocycles. The molecule has 0 heterocycles. The Bertz CT molecular complexity index is 431. The van der Waals surface area contributed by atoms with Crippen molar-refractivity contribution in [1.82, 2.24) is 0 Å². The van der Waals surface area contributed by atoms with Crippen LogP contribution in [0.3, 0.4) is 0 Å². The average Bonchev–Trinajstić information content (AvgIpc) is 2.35. The number of benzene rings is 1. The van der Waals surface area contributed by atoms with Gasteiger partial charge in [-0.05, 0) is 27.7 Å². The molecule has 1 unspecified atom stereocenters. The number of carbonyl (C=O) groups excluding carboxylic acids is 2. The summed E-state index contributed by atoms with van der Waals surface area (Å²) in [6, 6.07) is 8.87. The summed E-state index contributed by atoms with van der Waals surface area (Å²) in [4.78, 5) is 23.8. The molecule has 0 saturated heterocycles. The lowest BCUT2D eigenvalue weighted by atomic mass is 9.97. The Balaban J connectivity index is 2.94. The van der Waals surface area contributed by atoms with Crippen LogP contribution in [0.4, 0.5) is 0 Å². The van der Waals surface area contributed by atoms with Gasteiger partial charge in [0.1, 0.15) is 0 Å². The van der Waals surface area contributed by atoms with Crippen LogP contribution in [0.2, 0.25) is 0 Å². The third-order valence-corrected chi connectivity index (χ3v) is 2.44. The quantitative estimate of drug-likeness (QED) is 0.785. The Kier molecular flexibility index (Phi) is 5.10. The van der Waals surface area contributed by atoms with E-state index in [1.807, 2.05) is 6.07 Å². The summed E-state index contributed by atoms with van der Waals surface area (Å²) in [5.41, 5.74) is -0.0574. The van der Waals surface area contributed by atoms with Crippen LogP contribution in [-0.4, -0.2) is 18.5 Å². The molecule has 1 aromatic rings. The minimum atomic E-state index is -1.01. The number of hydrogen-bond donors (Lipinski definition) is 0. The van der Waals surface area contributed by atoms with Crippen molar-refractivity contribution < 1.29 is 19.1 Å². The standard InChI is InChI=1S/C15H20O4/c1-5-18-13(16)12(11-9-7-6-8-10-11)19-14(17)15(2,3)4/h6-10,12H,5H2,1-4H3. The molecule has 0 bridgehead atoms. The van der Waals surface area contributed by atoms with E-state index in [0.717, 1.165) is 0 Å². The molecule has 1 rings (SSSR count). The molecule has 0 amide bonds. The van der Waals surface area contributed by atoms with Crippen LogP contribution in [-0.2, 0) is 19.1 Å². The van der Waals surface area contributed by atoms with E-state index < -0.39 is 23.5 Å². The normalized spacial score (nSPS) is 12.6. The van der Waals surface area contributed by atoms with Gasteiger partial charge in [0.25, 0.3) is 0 Å². The molecule has 104 valence electrons. The zero-order chi connectivity index (χ0) is 14.5. The lowest BCUT2D eigenvalue weighted by Crippen LogP contribution is -2.29. The zero-order valence-electron chi connectivity index (χ0n) is 11.8. The highest BCUT2D eigenvalue weighted by atomic mass is 16.6. The first kappa shape index (κ1) is 15.2. The van der Waals surface area contributed by atoms with Crippen LogP contribution in [0, 0.1) is 5.41 Å². The van der Waals surface area contributed by atoms with E-state index in [2.05, 4.69) is 0 Å². The molecule has 0 N–H and O–H groups in total. The highest BCUT2D eigenvalue weighted by molar-refractivity contribution is 5.82. The number of carbonyl (C=O) groups is 2. The number of ether oxygens (including phenoxy) is 2. The van der Waals surface area contributed by atoms with Crippen LogP contribution in [0.25, 0.3) is 0 Å². The zero-order valence-corrected chi connectivity index (χ0v) is 11.8. The van der Waals surface area contributed by atoms with E-state index in [4.69, 9.17) is 9.47 Å². The first-order chi connectivity index (χ1) is 8.86. The van der Waals surface area contributed by atoms with Crippen molar-refractivity contribution in [2.45, 2.75) is 33.8 Å². The monoisotopic (exact) mass is 264 g/mol. The molecule has 19 heavy (non-hydrogen) atoms. The topological polar surface area (TPSA) is 52.6 Å². The fourth-order valence-corrected chi connectivity index (χ4v) is 1.38. The Morgan fingerprint density at radius 3 is 2.21 bits per heavy atom. The van der Waals surface area contributed by atoms with Gasteiger partial charge in [-0.1, -0.05) is 30.3 Å². The SMILES string of the molecule is CCOC(=O)C(OC(=O)C(C)(C)C)c1ccccc1. The third-order valence-electron chi connectivity index (χ3n) is 2.44. The summed E-state index contributed by atoms with van der Waals surface area (Å²) in [5, 5.41) is 0. The minimum Gasteiger partial charge on any atom is -0.463 e. The molecule has 1 aromatic carbocycles. The van der Waals surface area contributed by atoms with Crippen molar-refractivity contribution in [3.63, 3.8) is 0 Å². The molecular weight excluding hydrogens is 244 g/mol. The van der Waals surface area contributed by atoms with Crippen LogP contribution in [0.5, 0.6) is 0 Å². The van der Waals surface area contributed by atoms with E-state index in [0.29, 0.717) is 5.56 Å². The fraction of sp³-hybridized carbons (Fsp3) is 0.467. The van der Waals surface area contributed by atoms with Gasteiger partial charge >= 0.3 is 11.9 Å². The molecule has 0 fully saturated rings. The van der Waals surface area contributed by atoms with Gasteiger partial charge in [0.2, 0.25) is 6.10 Å². The predicted molar refractivity (Wildman–Crippen MR) is 71.4 cm³/mol. The lowest BCUT2D eigenvalue weighted by Gasteiger charge is -2.22. The molecule has 0 spiro atoms. The molecule has 0 saturated carbocycles.